The molecule has 0 amide bonds. The molecular formula is C10H21NO2S. The van der Waals surface area contributed by atoms with Crippen LogP contribution in [0.2, 0.25) is 0 Å². The molecule has 0 aliphatic carbocycles. The van der Waals surface area contributed by atoms with Crippen molar-refractivity contribution in [1.82, 2.24) is 5.32 Å². The molecule has 1 fully saturated rings. The minimum absolute atomic E-state index is 0.156. The van der Waals surface area contributed by atoms with Gasteiger partial charge >= 0.3 is 0 Å². The van der Waals surface area contributed by atoms with E-state index in [1.807, 2.05) is 11.8 Å². The molecule has 2 unspecified atom stereocenters. The van der Waals surface area contributed by atoms with E-state index in [0.29, 0.717) is 18.0 Å². The van der Waals surface area contributed by atoms with Crippen LogP contribution in [0.15, 0.2) is 0 Å². The predicted molar refractivity (Wildman–Crippen MR) is 60.6 cm³/mol. The van der Waals surface area contributed by atoms with Crippen molar-refractivity contribution in [1.29, 1.82) is 0 Å². The first kappa shape index (κ1) is 12.3. The highest BCUT2D eigenvalue weighted by Gasteiger charge is 2.28. The number of rotatable bonds is 4. The summed E-state index contributed by atoms with van der Waals surface area (Å²) in [6.07, 6.45) is 0.531. The zero-order valence-electron chi connectivity index (χ0n) is 8.99. The van der Waals surface area contributed by atoms with Crippen molar-refractivity contribution >= 4 is 11.8 Å². The van der Waals surface area contributed by atoms with Gasteiger partial charge in [-0.1, -0.05) is 13.8 Å². The maximum atomic E-state index is 9.20. The van der Waals surface area contributed by atoms with Gasteiger partial charge in [-0.15, -0.1) is 0 Å². The second kappa shape index (κ2) is 5.35. The van der Waals surface area contributed by atoms with Gasteiger partial charge in [0.05, 0.1) is 12.7 Å². The third-order valence-electron chi connectivity index (χ3n) is 2.46. The quantitative estimate of drug-likeness (QED) is 0.643. The van der Waals surface area contributed by atoms with Crippen LogP contribution >= 0.6 is 11.8 Å². The fourth-order valence-electron chi connectivity index (χ4n) is 1.76. The molecule has 4 heteroatoms. The molecule has 0 saturated carbocycles. The van der Waals surface area contributed by atoms with Crippen LogP contribution in [0, 0.1) is 5.41 Å². The summed E-state index contributed by atoms with van der Waals surface area (Å²) in [6.45, 7) is 4.89. The molecule has 2 atom stereocenters. The van der Waals surface area contributed by atoms with E-state index in [-0.39, 0.29) is 6.61 Å². The van der Waals surface area contributed by atoms with E-state index < -0.39 is 6.10 Å². The first-order chi connectivity index (χ1) is 6.53. The maximum absolute atomic E-state index is 9.20. The Labute approximate surface area is 90.3 Å². The fourth-order valence-corrected chi connectivity index (χ4v) is 3.07. The number of hydrogen-bond donors (Lipinski definition) is 3. The third kappa shape index (κ3) is 4.17. The molecule has 14 heavy (non-hydrogen) atoms. The highest BCUT2D eigenvalue weighted by atomic mass is 32.2. The van der Waals surface area contributed by atoms with Crippen molar-refractivity contribution < 1.29 is 10.2 Å². The Morgan fingerprint density at radius 1 is 1.57 bits per heavy atom. The molecule has 1 saturated heterocycles. The van der Waals surface area contributed by atoms with E-state index >= 15 is 0 Å². The number of nitrogens with one attached hydrogen (secondary N) is 1. The molecule has 84 valence electrons. The van der Waals surface area contributed by atoms with Gasteiger partial charge < -0.3 is 15.5 Å². The first-order valence-electron chi connectivity index (χ1n) is 5.13. The Morgan fingerprint density at radius 3 is 2.86 bits per heavy atom. The average molecular weight is 219 g/mol. The number of aliphatic hydroxyl groups is 2. The van der Waals surface area contributed by atoms with E-state index in [2.05, 4.69) is 19.2 Å². The van der Waals surface area contributed by atoms with Gasteiger partial charge in [0.15, 0.2) is 0 Å². The summed E-state index contributed by atoms with van der Waals surface area (Å²) in [5, 5.41) is 21.2. The maximum Gasteiger partial charge on any atom is 0.0895 e. The monoisotopic (exact) mass is 219 g/mol. The van der Waals surface area contributed by atoms with Gasteiger partial charge in [0, 0.05) is 18.3 Å². The van der Waals surface area contributed by atoms with Crippen LogP contribution in [0.5, 0.6) is 0 Å². The number of thioether (sulfide) groups is 1. The lowest BCUT2D eigenvalue weighted by Crippen LogP contribution is -2.43. The molecule has 3 N–H and O–H groups in total. The number of aliphatic hydroxyl groups excluding tert-OH is 2. The Kier molecular flexibility index (Phi) is 4.70. The van der Waals surface area contributed by atoms with Crippen LogP contribution in [0.3, 0.4) is 0 Å². The van der Waals surface area contributed by atoms with Crippen LogP contribution in [-0.4, -0.2) is 47.0 Å². The summed E-state index contributed by atoms with van der Waals surface area (Å²) in [5.74, 6) is 2.33. The standard InChI is InChI=1S/C10H21NO2S/c1-10(2)3-8(6-14-7-10)11-4-9(13)5-12/h8-9,11-13H,3-7H2,1-2H3. The SMILES string of the molecule is CC1(C)CSCC(NCC(O)CO)C1. The Bertz CT molecular complexity index is 176. The summed E-state index contributed by atoms with van der Waals surface area (Å²) in [7, 11) is 0. The molecule has 1 heterocycles. The summed E-state index contributed by atoms with van der Waals surface area (Å²) in [5.41, 5.74) is 0.394. The van der Waals surface area contributed by atoms with Gasteiger partial charge in [0.1, 0.15) is 0 Å². The van der Waals surface area contributed by atoms with Crippen molar-refractivity contribution in [3.05, 3.63) is 0 Å². The molecule has 0 aromatic carbocycles. The van der Waals surface area contributed by atoms with Gasteiger partial charge in [-0.2, -0.15) is 11.8 Å². The largest absolute Gasteiger partial charge is 0.394 e. The van der Waals surface area contributed by atoms with Crippen LogP contribution in [0.4, 0.5) is 0 Å². The van der Waals surface area contributed by atoms with Gasteiger partial charge in [0.2, 0.25) is 0 Å². The second-order valence-corrected chi connectivity index (χ2v) is 5.86. The van der Waals surface area contributed by atoms with E-state index in [4.69, 9.17) is 5.11 Å². The van der Waals surface area contributed by atoms with Crippen LogP contribution < -0.4 is 5.32 Å². The topological polar surface area (TPSA) is 52.5 Å². The van der Waals surface area contributed by atoms with Gasteiger partial charge in [-0.3, -0.25) is 0 Å². The second-order valence-electron chi connectivity index (χ2n) is 4.83. The fraction of sp³-hybridized carbons (Fsp3) is 1.00. The molecule has 0 bridgehead atoms. The van der Waals surface area contributed by atoms with Crippen molar-refractivity contribution in [3.63, 3.8) is 0 Å². The molecule has 0 spiro atoms. The van der Waals surface area contributed by atoms with Gasteiger partial charge in [-0.25, -0.2) is 0 Å². The average Bonchev–Trinajstić information content (AvgIpc) is 2.12. The van der Waals surface area contributed by atoms with Crippen LogP contribution in [-0.2, 0) is 0 Å². The van der Waals surface area contributed by atoms with Crippen molar-refractivity contribution in [2.24, 2.45) is 5.41 Å². The minimum atomic E-state index is -0.620. The van der Waals surface area contributed by atoms with Gasteiger partial charge in [0.25, 0.3) is 0 Å². The highest BCUT2D eigenvalue weighted by molar-refractivity contribution is 7.99. The Balaban J connectivity index is 2.24. The summed E-state index contributed by atoms with van der Waals surface area (Å²) in [4.78, 5) is 0. The number of hydrogen-bond acceptors (Lipinski definition) is 4. The zero-order valence-corrected chi connectivity index (χ0v) is 9.81. The minimum Gasteiger partial charge on any atom is -0.394 e. The highest BCUT2D eigenvalue weighted by Crippen LogP contribution is 2.33. The molecule has 3 nitrogen and oxygen atoms in total. The zero-order chi connectivity index (χ0) is 10.6. The summed E-state index contributed by atoms with van der Waals surface area (Å²) < 4.78 is 0. The van der Waals surface area contributed by atoms with E-state index in [1.165, 1.54) is 5.75 Å². The normalized spacial score (nSPS) is 28.7. The van der Waals surface area contributed by atoms with E-state index in [9.17, 15) is 5.11 Å². The molecular weight excluding hydrogens is 198 g/mol. The van der Waals surface area contributed by atoms with E-state index in [0.717, 1.165) is 12.2 Å². The summed E-state index contributed by atoms with van der Waals surface area (Å²) >= 11 is 1.96. The molecule has 1 aliphatic heterocycles. The van der Waals surface area contributed by atoms with Crippen molar-refractivity contribution in [2.75, 3.05) is 24.7 Å². The Morgan fingerprint density at radius 2 is 2.29 bits per heavy atom. The molecule has 1 aliphatic rings. The smallest absolute Gasteiger partial charge is 0.0895 e. The molecule has 0 aromatic heterocycles. The molecule has 0 aromatic rings. The molecule has 1 rings (SSSR count). The van der Waals surface area contributed by atoms with Crippen molar-refractivity contribution in [3.8, 4) is 0 Å². The van der Waals surface area contributed by atoms with E-state index in [1.54, 1.807) is 0 Å². The van der Waals surface area contributed by atoms with Crippen molar-refractivity contribution in [2.45, 2.75) is 32.4 Å². The third-order valence-corrected chi connectivity index (χ3v) is 4.09. The lowest BCUT2D eigenvalue weighted by molar-refractivity contribution is 0.0908. The first-order valence-corrected chi connectivity index (χ1v) is 6.29. The summed E-state index contributed by atoms with van der Waals surface area (Å²) in [6, 6.07) is 0.477. The van der Waals surface area contributed by atoms with Gasteiger partial charge in [-0.05, 0) is 17.6 Å². The lowest BCUT2D eigenvalue weighted by atomic mass is 9.88. The molecule has 0 radical (unpaired) electrons. The van der Waals surface area contributed by atoms with Crippen LogP contribution in [0.25, 0.3) is 0 Å². The Hall–Kier alpha value is 0.230. The lowest BCUT2D eigenvalue weighted by Gasteiger charge is -2.35. The predicted octanol–water partition coefficient (Wildman–Crippen LogP) is 0.461. The van der Waals surface area contributed by atoms with Crippen LogP contribution in [0.1, 0.15) is 20.3 Å².